The van der Waals surface area contributed by atoms with Crippen molar-refractivity contribution in [3.63, 3.8) is 0 Å². The van der Waals surface area contributed by atoms with Gasteiger partial charge in [0.05, 0.1) is 0 Å². The molecule has 0 aliphatic heterocycles. The van der Waals surface area contributed by atoms with Crippen LogP contribution in [0.2, 0.25) is 0 Å². The zero-order valence-corrected chi connectivity index (χ0v) is 21.0. The van der Waals surface area contributed by atoms with Crippen molar-refractivity contribution in [1.82, 2.24) is 4.98 Å². The minimum absolute atomic E-state index is 0.0505. The van der Waals surface area contributed by atoms with Gasteiger partial charge in [-0.3, -0.25) is 4.90 Å². The first-order chi connectivity index (χ1) is 16.7. The highest BCUT2D eigenvalue weighted by molar-refractivity contribution is 7.21. The van der Waals surface area contributed by atoms with Gasteiger partial charge in [0.1, 0.15) is 35.3 Å². The first kappa shape index (κ1) is 24.5. The van der Waals surface area contributed by atoms with Gasteiger partial charge in [-0.25, -0.2) is 14.2 Å². The van der Waals surface area contributed by atoms with Crippen LogP contribution in [0, 0.1) is 0 Å². The smallest absolute Gasteiger partial charge is 0.414 e. The summed E-state index contributed by atoms with van der Waals surface area (Å²) < 4.78 is 23.0. The van der Waals surface area contributed by atoms with E-state index in [0.717, 1.165) is 37.8 Å². The zero-order valence-electron chi connectivity index (χ0n) is 20.2. The summed E-state index contributed by atoms with van der Waals surface area (Å²) in [6.07, 6.45) is -0.390. The number of alkyl halides is 1. The molecule has 0 saturated carbocycles. The fourth-order valence-electron chi connectivity index (χ4n) is 3.35. The highest BCUT2D eigenvalue weighted by Crippen LogP contribution is 2.34. The summed E-state index contributed by atoms with van der Waals surface area (Å²) >= 11 is 1.60. The van der Waals surface area contributed by atoms with E-state index in [2.05, 4.69) is 11.4 Å². The number of rotatable bonds is 7. The maximum absolute atomic E-state index is 12.3. The van der Waals surface area contributed by atoms with Crippen LogP contribution in [0.5, 0.6) is 5.75 Å². The van der Waals surface area contributed by atoms with Gasteiger partial charge in [0, 0.05) is 28.7 Å². The van der Waals surface area contributed by atoms with Gasteiger partial charge in [0.25, 0.3) is 0 Å². The largest absolute Gasteiger partial charge is 0.491 e. The van der Waals surface area contributed by atoms with Crippen molar-refractivity contribution < 1.29 is 18.7 Å². The number of anilines is 3. The Morgan fingerprint density at radius 3 is 2.43 bits per heavy atom. The van der Waals surface area contributed by atoms with Crippen LogP contribution in [0.15, 0.2) is 66.7 Å². The van der Waals surface area contributed by atoms with E-state index >= 15 is 0 Å². The van der Waals surface area contributed by atoms with Crippen molar-refractivity contribution in [2.45, 2.75) is 26.4 Å². The SMILES string of the molecule is CN(C(=O)OC(C)(C)C)c1ccc(-c2cc3ccc(Nc4ccc(OCCF)cc4)nc3s2)cc1. The normalized spacial score (nSPS) is 11.3. The Morgan fingerprint density at radius 1 is 1.06 bits per heavy atom. The van der Waals surface area contributed by atoms with Crippen molar-refractivity contribution in [2.24, 2.45) is 0 Å². The van der Waals surface area contributed by atoms with E-state index < -0.39 is 18.4 Å². The third-order valence-corrected chi connectivity index (χ3v) is 6.16. The molecule has 0 atom stereocenters. The number of fused-ring (bicyclic) bond motifs is 1. The number of aromatic nitrogens is 1. The second-order valence-corrected chi connectivity index (χ2v) is 10.0. The predicted octanol–water partition coefficient (Wildman–Crippen LogP) is 7.43. The number of hydrogen-bond donors (Lipinski definition) is 1. The molecule has 1 N–H and O–H groups in total. The molecule has 0 aliphatic rings. The second kappa shape index (κ2) is 10.3. The second-order valence-electron chi connectivity index (χ2n) is 8.97. The summed E-state index contributed by atoms with van der Waals surface area (Å²) in [5, 5.41) is 4.35. The highest BCUT2D eigenvalue weighted by atomic mass is 32.1. The monoisotopic (exact) mass is 493 g/mol. The lowest BCUT2D eigenvalue weighted by atomic mass is 10.1. The summed E-state index contributed by atoms with van der Waals surface area (Å²) in [5.74, 6) is 1.36. The molecule has 1 amide bonds. The van der Waals surface area contributed by atoms with Crippen molar-refractivity contribution in [3.05, 3.63) is 66.7 Å². The maximum atomic E-state index is 12.3. The minimum atomic E-state index is -0.545. The number of nitrogens with one attached hydrogen (secondary N) is 1. The Kier molecular flexibility index (Phi) is 7.21. The number of pyridine rings is 1. The summed E-state index contributed by atoms with van der Waals surface area (Å²) in [6, 6.07) is 21.2. The molecule has 0 spiro atoms. The van der Waals surface area contributed by atoms with Crippen LogP contribution in [0.4, 0.5) is 26.4 Å². The number of hydrogen-bond acceptors (Lipinski definition) is 6. The summed E-state index contributed by atoms with van der Waals surface area (Å²) in [5.41, 5.74) is 2.13. The molecule has 182 valence electrons. The van der Waals surface area contributed by atoms with Gasteiger partial charge < -0.3 is 14.8 Å². The van der Waals surface area contributed by atoms with Crippen molar-refractivity contribution in [2.75, 3.05) is 30.5 Å². The fraction of sp³-hybridized carbons (Fsp3) is 0.259. The fourth-order valence-corrected chi connectivity index (χ4v) is 4.39. The Balaban J connectivity index is 1.46. The molecule has 0 bridgehead atoms. The molecule has 2 heterocycles. The van der Waals surface area contributed by atoms with Crippen LogP contribution in [-0.2, 0) is 4.74 Å². The van der Waals surface area contributed by atoms with E-state index in [0.29, 0.717) is 5.75 Å². The van der Waals surface area contributed by atoms with Crippen LogP contribution in [0.3, 0.4) is 0 Å². The molecule has 0 saturated heterocycles. The van der Waals surface area contributed by atoms with Gasteiger partial charge in [-0.15, -0.1) is 11.3 Å². The first-order valence-electron chi connectivity index (χ1n) is 11.3. The van der Waals surface area contributed by atoms with E-state index in [1.165, 1.54) is 4.90 Å². The number of ether oxygens (including phenoxy) is 2. The molecule has 0 fully saturated rings. The summed E-state index contributed by atoms with van der Waals surface area (Å²) in [7, 11) is 1.70. The lowest BCUT2D eigenvalue weighted by Crippen LogP contribution is -2.34. The average Bonchev–Trinajstić information content (AvgIpc) is 3.26. The van der Waals surface area contributed by atoms with Crippen LogP contribution < -0.4 is 15.0 Å². The van der Waals surface area contributed by atoms with E-state index in [1.807, 2.05) is 69.3 Å². The van der Waals surface area contributed by atoms with Gasteiger partial charge in [-0.1, -0.05) is 12.1 Å². The molecule has 35 heavy (non-hydrogen) atoms. The molecule has 4 rings (SSSR count). The Hall–Kier alpha value is -3.65. The lowest BCUT2D eigenvalue weighted by molar-refractivity contribution is 0.0589. The van der Waals surface area contributed by atoms with E-state index in [-0.39, 0.29) is 6.61 Å². The molecule has 0 aliphatic carbocycles. The van der Waals surface area contributed by atoms with Crippen LogP contribution in [0.25, 0.3) is 20.7 Å². The Bertz CT molecular complexity index is 1300. The number of benzene rings is 2. The van der Waals surface area contributed by atoms with Gasteiger partial charge in [-0.05, 0) is 80.9 Å². The van der Waals surface area contributed by atoms with E-state index in [1.54, 1.807) is 30.5 Å². The number of amides is 1. The molecule has 2 aromatic heterocycles. The number of nitrogens with zero attached hydrogens (tertiary/aromatic N) is 2. The standard InChI is InChI=1S/C27H28FN3O3S/c1-27(2,3)34-26(32)31(4)21-10-5-18(6-11-21)23-17-19-7-14-24(30-25(19)35-23)29-20-8-12-22(13-9-20)33-16-15-28/h5-14,17H,15-16H2,1-4H3,(H,29,30). The van der Waals surface area contributed by atoms with E-state index in [4.69, 9.17) is 14.5 Å². The third kappa shape index (κ3) is 6.27. The number of halogens is 1. The minimum Gasteiger partial charge on any atom is -0.491 e. The molecule has 0 unspecified atom stereocenters. The third-order valence-electron chi connectivity index (χ3n) is 5.06. The number of carbonyl (C=O) groups excluding carboxylic acids is 1. The van der Waals surface area contributed by atoms with Crippen LogP contribution in [0.1, 0.15) is 20.8 Å². The van der Waals surface area contributed by atoms with Gasteiger partial charge >= 0.3 is 6.09 Å². The lowest BCUT2D eigenvalue weighted by Gasteiger charge is -2.24. The first-order valence-corrected chi connectivity index (χ1v) is 12.1. The van der Waals surface area contributed by atoms with Crippen LogP contribution >= 0.6 is 11.3 Å². The molecule has 4 aromatic rings. The topological polar surface area (TPSA) is 63.7 Å². The Labute approximate surface area is 208 Å². The molecular formula is C27H28FN3O3S. The average molecular weight is 494 g/mol. The predicted molar refractivity (Wildman–Crippen MR) is 141 cm³/mol. The maximum Gasteiger partial charge on any atom is 0.414 e. The Morgan fingerprint density at radius 2 is 1.77 bits per heavy atom. The molecule has 6 nitrogen and oxygen atoms in total. The van der Waals surface area contributed by atoms with Gasteiger partial charge in [0.2, 0.25) is 0 Å². The molecular weight excluding hydrogens is 465 g/mol. The number of thiophene rings is 1. The zero-order chi connectivity index (χ0) is 25.0. The molecule has 0 radical (unpaired) electrons. The van der Waals surface area contributed by atoms with E-state index in [9.17, 15) is 9.18 Å². The number of carbonyl (C=O) groups is 1. The van der Waals surface area contributed by atoms with Crippen molar-refractivity contribution in [3.8, 4) is 16.2 Å². The van der Waals surface area contributed by atoms with Gasteiger partial charge in [-0.2, -0.15) is 0 Å². The summed E-state index contributed by atoms with van der Waals surface area (Å²) in [6.45, 7) is 5.08. The van der Waals surface area contributed by atoms with Gasteiger partial charge in [0.15, 0.2) is 0 Å². The molecule has 8 heteroatoms. The summed E-state index contributed by atoms with van der Waals surface area (Å²) in [4.78, 5) is 20.6. The molecule has 2 aromatic carbocycles. The van der Waals surface area contributed by atoms with Crippen molar-refractivity contribution in [1.29, 1.82) is 0 Å². The highest BCUT2D eigenvalue weighted by Gasteiger charge is 2.20. The van der Waals surface area contributed by atoms with Crippen molar-refractivity contribution >= 4 is 44.8 Å². The quantitative estimate of drug-likeness (QED) is 0.290. The van der Waals surface area contributed by atoms with Crippen LogP contribution in [-0.4, -0.2) is 37.0 Å².